The van der Waals surface area contributed by atoms with Crippen molar-refractivity contribution >= 4 is 5.91 Å². The summed E-state index contributed by atoms with van der Waals surface area (Å²) in [5, 5.41) is 12.2. The van der Waals surface area contributed by atoms with Crippen molar-refractivity contribution in [3.05, 3.63) is 0 Å². The second kappa shape index (κ2) is 6.02. The fourth-order valence-electron chi connectivity index (χ4n) is 2.89. The highest BCUT2D eigenvalue weighted by Gasteiger charge is 2.26. The van der Waals surface area contributed by atoms with E-state index in [4.69, 9.17) is 5.26 Å². The topological polar surface area (TPSA) is 56.1 Å². The molecule has 4 nitrogen and oxygen atoms in total. The average molecular weight is 235 g/mol. The molecule has 4 heteroatoms. The van der Waals surface area contributed by atoms with Crippen molar-refractivity contribution in [2.24, 2.45) is 5.92 Å². The van der Waals surface area contributed by atoms with Gasteiger partial charge in [-0.25, -0.2) is 0 Å². The summed E-state index contributed by atoms with van der Waals surface area (Å²) in [7, 11) is 0. The summed E-state index contributed by atoms with van der Waals surface area (Å²) in [5.41, 5.74) is 0. The molecule has 94 valence electrons. The molecule has 2 aliphatic rings. The molecule has 0 bridgehead atoms. The maximum atomic E-state index is 12.1. The number of hydrogen-bond donors (Lipinski definition) is 1. The van der Waals surface area contributed by atoms with Gasteiger partial charge in [-0.3, -0.25) is 4.79 Å². The monoisotopic (exact) mass is 235 g/mol. The molecule has 1 saturated heterocycles. The molecule has 1 N–H and O–H groups in total. The second-order valence-electron chi connectivity index (χ2n) is 5.13. The first-order valence-corrected chi connectivity index (χ1v) is 6.71. The quantitative estimate of drug-likeness (QED) is 0.801. The fraction of sp³-hybridized carbons (Fsp3) is 0.846. The van der Waals surface area contributed by atoms with E-state index in [1.807, 2.05) is 0 Å². The standard InChI is InChI=1S/C13H21N3O/c14-9-12-10-15-7-8-16(12)13(17)6-5-11-3-1-2-4-11/h11-12,15H,1-8,10H2. The Bertz CT molecular complexity index is 304. The lowest BCUT2D eigenvalue weighted by atomic mass is 10.0. The van der Waals surface area contributed by atoms with E-state index in [0.717, 1.165) is 18.9 Å². The first-order chi connectivity index (χ1) is 8.31. The van der Waals surface area contributed by atoms with Crippen LogP contribution in [0, 0.1) is 17.2 Å². The van der Waals surface area contributed by atoms with Crippen LogP contribution in [0.15, 0.2) is 0 Å². The first-order valence-electron chi connectivity index (χ1n) is 6.71. The van der Waals surface area contributed by atoms with Gasteiger partial charge >= 0.3 is 0 Å². The number of rotatable bonds is 3. The van der Waals surface area contributed by atoms with Crippen LogP contribution in [0.2, 0.25) is 0 Å². The number of carbonyl (C=O) groups is 1. The zero-order chi connectivity index (χ0) is 12.1. The molecule has 1 saturated carbocycles. The van der Waals surface area contributed by atoms with Crippen molar-refractivity contribution < 1.29 is 4.79 Å². The summed E-state index contributed by atoms with van der Waals surface area (Å²) in [4.78, 5) is 13.8. The Hall–Kier alpha value is -1.08. The van der Waals surface area contributed by atoms with Gasteiger partial charge in [0.2, 0.25) is 5.91 Å². The van der Waals surface area contributed by atoms with Crippen molar-refractivity contribution in [1.82, 2.24) is 10.2 Å². The minimum Gasteiger partial charge on any atom is -0.324 e. The van der Waals surface area contributed by atoms with Crippen molar-refractivity contribution in [3.63, 3.8) is 0 Å². The SMILES string of the molecule is N#CC1CNCCN1C(=O)CCC1CCCC1. The Balaban J connectivity index is 1.79. The Kier molecular flexibility index (Phi) is 4.38. The van der Waals surface area contributed by atoms with Crippen LogP contribution in [0.5, 0.6) is 0 Å². The molecule has 1 heterocycles. The van der Waals surface area contributed by atoms with Gasteiger partial charge in [-0.15, -0.1) is 0 Å². The normalized spacial score (nSPS) is 25.8. The predicted octanol–water partition coefficient (Wildman–Crippen LogP) is 1.28. The minimum atomic E-state index is -0.264. The van der Waals surface area contributed by atoms with E-state index >= 15 is 0 Å². The Morgan fingerprint density at radius 3 is 2.88 bits per heavy atom. The Morgan fingerprint density at radius 2 is 2.18 bits per heavy atom. The van der Waals surface area contributed by atoms with E-state index in [-0.39, 0.29) is 11.9 Å². The molecule has 17 heavy (non-hydrogen) atoms. The van der Waals surface area contributed by atoms with Gasteiger partial charge in [0, 0.05) is 26.1 Å². The molecular weight excluding hydrogens is 214 g/mol. The Labute approximate surface area is 103 Å². The molecule has 1 aliphatic heterocycles. The minimum absolute atomic E-state index is 0.171. The van der Waals surface area contributed by atoms with Gasteiger partial charge in [0.05, 0.1) is 6.07 Å². The molecule has 1 unspecified atom stereocenters. The third kappa shape index (κ3) is 3.19. The molecule has 0 spiro atoms. The fourth-order valence-corrected chi connectivity index (χ4v) is 2.89. The van der Waals surface area contributed by atoms with Crippen LogP contribution in [0.3, 0.4) is 0 Å². The number of nitrogens with zero attached hydrogens (tertiary/aromatic N) is 2. The summed E-state index contributed by atoms with van der Waals surface area (Å²) < 4.78 is 0. The molecule has 1 aliphatic carbocycles. The van der Waals surface area contributed by atoms with E-state index in [1.54, 1.807) is 4.90 Å². The molecule has 1 atom stereocenters. The maximum Gasteiger partial charge on any atom is 0.223 e. The third-order valence-electron chi connectivity index (χ3n) is 3.95. The summed E-state index contributed by atoms with van der Waals surface area (Å²) >= 11 is 0. The summed E-state index contributed by atoms with van der Waals surface area (Å²) in [5.74, 6) is 0.923. The second-order valence-corrected chi connectivity index (χ2v) is 5.13. The molecule has 2 fully saturated rings. The number of amides is 1. The third-order valence-corrected chi connectivity index (χ3v) is 3.95. The van der Waals surface area contributed by atoms with Crippen LogP contribution < -0.4 is 5.32 Å². The van der Waals surface area contributed by atoms with Crippen LogP contribution in [0.4, 0.5) is 0 Å². The van der Waals surface area contributed by atoms with Gasteiger partial charge in [0.15, 0.2) is 0 Å². The average Bonchev–Trinajstić information content (AvgIpc) is 2.89. The maximum absolute atomic E-state index is 12.1. The van der Waals surface area contributed by atoms with E-state index in [9.17, 15) is 4.79 Å². The Morgan fingerprint density at radius 1 is 1.41 bits per heavy atom. The van der Waals surface area contributed by atoms with E-state index in [2.05, 4.69) is 11.4 Å². The lowest BCUT2D eigenvalue weighted by Crippen LogP contribution is -2.53. The molecular formula is C13H21N3O. The zero-order valence-electron chi connectivity index (χ0n) is 10.3. The van der Waals surface area contributed by atoms with Crippen LogP contribution in [0.1, 0.15) is 38.5 Å². The first kappa shape index (κ1) is 12.4. The van der Waals surface area contributed by atoms with Crippen LogP contribution in [0.25, 0.3) is 0 Å². The largest absolute Gasteiger partial charge is 0.324 e. The molecule has 0 aromatic rings. The highest BCUT2D eigenvalue weighted by Crippen LogP contribution is 2.28. The van der Waals surface area contributed by atoms with E-state index in [0.29, 0.717) is 19.5 Å². The smallest absolute Gasteiger partial charge is 0.223 e. The lowest BCUT2D eigenvalue weighted by Gasteiger charge is -2.32. The molecule has 1 amide bonds. The van der Waals surface area contributed by atoms with Gasteiger partial charge in [-0.1, -0.05) is 25.7 Å². The lowest BCUT2D eigenvalue weighted by molar-refractivity contribution is -0.133. The van der Waals surface area contributed by atoms with Crippen LogP contribution >= 0.6 is 0 Å². The molecule has 0 radical (unpaired) electrons. The van der Waals surface area contributed by atoms with Crippen molar-refractivity contribution in [3.8, 4) is 6.07 Å². The van der Waals surface area contributed by atoms with Crippen LogP contribution in [-0.4, -0.2) is 36.5 Å². The number of hydrogen-bond acceptors (Lipinski definition) is 3. The van der Waals surface area contributed by atoms with Crippen molar-refractivity contribution in [2.45, 2.75) is 44.6 Å². The molecule has 2 rings (SSSR count). The number of carbonyl (C=O) groups excluding carboxylic acids is 1. The van der Waals surface area contributed by atoms with Gasteiger partial charge < -0.3 is 10.2 Å². The summed E-state index contributed by atoms with van der Waals surface area (Å²) in [6, 6.07) is 1.94. The molecule has 0 aromatic heterocycles. The highest BCUT2D eigenvalue weighted by molar-refractivity contribution is 5.77. The van der Waals surface area contributed by atoms with Crippen LogP contribution in [-0.2, 0) is 4.79 Å². The van der Waals surface area contributed by atoms with E-state index in [1.165, 1.54) is 25.7 Å². The van der Waals surface area contributed by atoms with Crippen molar-refractivity contribution in [1.29, 1.82) is 5.26 Å². The molecule has 0 aromatic carbocycles. The highest BCUT2D eigenvalue weighted by atomic mass is 16.2. The van der Waals surface area contributed by atoms with E-state index < -0.39 is 0 Å². The van der Waals surface area contributed by atoms with Gasteiger partial charge in [0.1, 0.15) is 6.04 Å². The zero-order valence-corrected chi connectivity index (χ0v) is 10.3. The summed E-state index contributed by atoms with van der Waals surface area (Å²) in [6.07, 6.45) is 6.87. The number of piperazine rings is 1. The van der Waals surface area contributed by atoms with Gasteiger partial charge in [-0.05, 0) is 12.3 Å². The van der Waals surface area contributed by atoms with Gasteiger partial charge in [0.25, 0.3) is 0 Å². The summed E-state index contributed by atoms with van der Waals surface area (Å²) in [6.45, 7) is 2.11. The number of nitrogens with one attached hydrogen (secondary N) is 1. The van der Waals surface area contributed by atoms with Crippen molar-refractivity contribution in [2.75, 3.05) is 19.6 Å². The predicted molar refractivity (Wildman–Crippen MR) is 65.2 cm³/mol. The number of nitriles is 1. The van der Waals surface area contributed by atoms with Gasteiger partial charge in [-0.2, -0.15) is 5.26 Å².